The van der Waals surface area contributed by atoms with Gasteiger partial charge in [-0.1, -0.05) is 6.07 Å². The number of nitrogens with two attached hydrogens (primary N) is 1. The topological polar surface area (TPSA) is 50.9 Å². The van der Waals surface area contributed by atoms with Crippen molar-refractivity contribution in [3.8, 4) is 0 Å². The van der Waals surface area contributed by atoms with E-state index in [2.05, 4.69) is 16.5 Å². The predicted molar refractivity (Wildman–Crippen MR) is 79.5 cm³/mol. The average Bonchev–Trinajstić information content (AvgIpc) is 2.44. The van der Waals surface area contributed by atoms with E-state index >= 15 is 0 Å². The Kier molecular flexibility index (Phi) is 3.08. The van der Waals surface area contributed by atoms with E-state index in [0.717, 1.165) is 17.8 Å². The van der Waals surface area contributed by atoms with E-state index in [1.54, 1.807) is 0 Å². The van der Waals surface area contributed by atoms with E-state index in [-0.39, 0.29) is 6.04 Å². The number of hydrogen-bond acceptors (Lipinski definition) is 3. The lowest BCUT2D eigenvalue weighted by Gasteiger charge is -2.57. The van der Waals surface area contributed by atoms with Crippen LogP contribution in [0.15, 0.2) is 24.5 Å². The summed E-state index contributed by atoms with van der Waals surface area (Å²) in [6.45, 7) is 0. The Morgan fingerprint density at radius 2 is 1.85 bits per heavy atom. The average molecular weight is 271 g/mol. The Balaban J connectivity index is 1.55. The number of hydrazine groups is 1. The van der Waals surface area contributed by atoms with Crippen molar-refractivity contribution in [1.29, 1.82) is 0 Å². The van der Waals surface area contributed by atoms with E-state index in [4.69, 9.17) is 5.84 Å². The van der Waals surface area contributed by atoms with Crippen molar-refractivity contribution in [2.45, 2.75) is 51.0 Å². The summed E-state index contributed by atoms with van der Waals surface area (Å²) in [5.74, 6) is 8.88. The first-order valence-corrected chi connectivity index (χ1v) is 8.12. The van der Waals surface area contributed by atoms with Crippen LogP contribution in [0.25, 0.3) is 0 Å². The molecule has 1 unspecified atom stereocenters. The zero-order valence-corrected chi connectivity index (χ0v) is 12.1. The van der Waals surface area contributed by atoms with Crippen molar-refractivity contribution >= 4 is 0 Å². The van der Waals surface area contributed by atoms with Gasteiger partial charge in [0.15, 0.2) is 0 Å². The van der Waals surface area contributed by atoms with Crippen LogP contribution >= 0.6 is 0 Å². The fraction of sp³-hybridized carbons (Fsp3) is 0.706. The summed E-state index contributed by atoms with van der Waals surface area (Å²) in [7, 11) is 0. The molecule has 0 aromatic carbocycles. The largest absolute Gasteiger partial charge is 0.271 e. The molecule has 0 aliphatic heterocycles. The lowest BCUT2D eigenvalue weighted by Crippen LogP contribution is -2.48. The highest BCUT2D eigenvalue weighted by Gasteiger charge is 2.51. The van der Waals surface area contributed by atoms with E-state index in [0.29, 0.717) is 5.41 Å². The minimum absolute atomic E-state index is 0.264. The molecule has 4 saturated carbocycles. The molecule has 3 heteroatoms. The molecular formula is C17H25N3. The van der Waals surface area contributed by atoms with E-state index in [9.17, 15) is 0 Å². The van der Waals surface area contributed by atoms with Crippen LogP contribution in [0.2, 0.25) is 0 Å². The molecule has 4 aliphatic carbocycles. The van der Waals surface area contributed by atoms with Crippen LogP contribution in [0.1, 0.15) is 56.6 Å². The summed E-state index contributed by atoms with van der Waals surface area (Å²) >= 11 is 0. The lowest BCUT2D eigenvalue weighted by atomic mass is 9.48. The first kappa shape index (κ1) is 12.8. The van der Waals surface area contributed by atoms with Gasteiger partial charge in [0.05, 0.1) is 0 Å². The zero-order valence-electron chi connectivity index (χ0n) is 12.1. The smallest absolute Gasteiger partial charge is 0.0480 e. The number of nitrogens with zero attached hydrogens (tertiary/aromatic N) is 1. The Morgan fingerprint density at radius 1 is 1.20 bits per heavy atom. The second kappa shape index (κ2) is 4.81. The van der Waals surface area contributed by atoms with Gasteiger partial charge in [0, 0.05) is 18.4 Å². The van der Waals surface area contributed by atoms with Crippen molar-refractivity contribution in [1.82, 2.24) is 10.4 Å². The molecule has 1 atom stereocenters. The van der Waals surface area contributed by atoms with Crippen LogP contribution in [0.5, 0.6) is 0 Å². The van der Waals surface area contributed by atoms with E-state index in [1.165, 1.54) is 50.5 Å². The molecule has 0 radical (unpaired) electrons. The lowest BCUT2D eigenvalue weighted by molar-refractivity contribution is -0.0623. The first-order valence-electron chi connectivity index (χ1n) is 8.12. The van der Waals surface area contributed by atoms with Gasteiger partial charge >= 0.3 is 0 Å². The van der Waals surface area contributed by atoms with Gasteiger partial charge in [0.2, 0.25) is 0 Å². The molecular weight excluding hydrogens is 246 g/mol. The minimum Gasteiger partial charge on any atom is -0.271 e. The third-order valence-corrected chi connectivity index (χ3v) is 6.09. The van der Waals surface area contributed by atoms with Crippen molar-refractivity contribution in [2.75, 3.05) is 0 Å². The van der Waals surface area contributed by atoms with E-state index < -0.39 is 0 Å². The van der Waals surface area contributed by atoms with Crippen molar-refractivity contribution in [2.24, 2.45) is 29.0 Å². The predicted octanol–water partition coefficient (Wildman–Crippen LogP) is 3.19. The maximum atomic E-state index is 5.86. The molecule has 20 heavy (non-hydrogen) atoms. The number of aromatic nitrogens is 1. The highest BCUT2D eigenvalue weighted by Crippen LogP contribution is 2.62. The molecule has 0 saturated heterocycles. The quantitative estimate of drug-likeness (QED) is 0.653. The molecule has 4 fully saturated rings. The fourth-order valence-electron chi connectivity index (χ4n) is 5.83. The molecule has 1 aromatic rings. The van der Waals surface area contributed by atoms with Crippen LogP contribution in [-0.4, -0.2) is 4.98 Å². The van der Waals surface area contributed by atoms with Gasteiger partial charge in [-0.3, -0.25) is 16.3 Å². The van der Waals surface area contributed by atoms with Crippen LogP contribution in [-0.2, 0) is 0 Å². The van der Waals surface area contributed by atoms with Gasteiger partial charge in [0.25, 0.3) is 0 Å². The first-order chi connectivity index (χ1) is 9.76. The van der Waals surface area contributed by atoms with E-state index in [1.807, 2.05) is 18.5 Å². The number of hydrogen-bond donors (Lipinski definition) is 2. The summed E-state index contributed by atoms with van der Waals surface area (Å²) in [4.78, 5) is 4.25. The molecule has 0 spiro atoms. The summed E-state index contributed by atoms with van der Waals surface area (Å²) in [5, 5.41) is 0. The monoisotopic (exact) mass is 271 g/mol. The second-order valence-corrected chi connectivity index (χ2v) is 7.63. The Bertz CT molecular complexity index is 435. The van der Waals surface area contributed by atoms with Crippen LogP contribution in [0.4, 0.5) is 0 Å². The van der Waals surface area contributed by atoms with Gasteiger partial charge in [-0.2, -0.15) is 0 Å². The fourth-order valence-corrected chi connectivity index (χ4v) is 5.83. The zero-order chi connectivity index (χ0) is 13.6. The molecule has 108 valence electrons. The summed E-state index contributed by atoms with van der Waals surface area (Å²) in [6, 6.07) is 4.43. The van der Waals surface area contributed by atoms with Gasteiger partial charge in [0.1, 0.15) is 0 Å². The van der Waals surface area contributed by atoms with Crippen molar-refractivity contribution < 1.29 is 0 Å². The summed E-state index contributed by atoms with van der Waals surface area (Å²) in [5.41, 5.74) is 4.85. The second-order valence-electron chi connectivity index (χ2n) is 7.63. The van der Waals surface area contributed by atoms with Crippen LogP contribution in [0, 0.1) is 23.2 Å². The maximum absolute atomic E-state index is 5.86. The molecule has 1 aromatic heterocycles. The minimum atomic E-state index is 0.264. The number of pyridine rings is 1. The highest BCUT2D eigenvalue weighted by molar-refractivity contribution is 5.15. The standard InChI is InChI=1S/C17H25N3/c18-20-16(15-2-1-3-19-11-15)10-17-7-12-4-13(8-17)6-14(5-12)9-17/h1-3,11-14,16,20H,4-10,18H2. The summed E-state index contributed by atoms with van der Waals surface area (Å²) in [6.07, 6.45) is 13.8. The van der Waals surface area contributed by atoms with Gasteiger partial charge in [-0.15, -0.1) is 0 Å². The third kappa shape index (κ3) is 2.17. The Hall–Kier alpha value is -0.930. The van der Waals surface area contributed by atoms with Gasteiger partial charge in [-0.05, 0) is 79.7 Å². The van der Waals surface area contributed by atoms with Crippen molar-refractivity contribution in [3.63, 3.8) is 0 Å². The third-order valence-electron chi connectivity index (χ3n) is 6.09. The molecule has 0 amide bonds. The molecule has 1 heterocycles. The number of nitrogens with one attached hydrogen (secondary N) is 1. The van der Waals surface area contributed by atoms with Crippen LogP contribution < -0.4 is 11.3 Å². The SMILES string of the molecule is NNC(CC12CC3CC(CC(C3)C1)C2)c1cccnc1. The molecule has 4 aliphatic rings. The maximum Gasteiger partial charge on any atom is 0.0480 e. The molecule has 4 bridgehead atoms. The van der Waals surface area contributed by atoms with Crippen LogP contribution in [0.3, 0.4) is 0 Å². The molecule has 3 nitrogen and oxygen atoms in total. The molecule has 5 rings (SSSR count). The molecule has 3 N–H and O–H groups in total. The van der Waals surface area contributed by atoms with Gasteiger partial charge in [-0.25, -0.2) is 0 Å². The Morgan fingerprint density at radius 3 is 2.35 bits per heavy atom. The van der Waals surface area contributed by atoms with Crippen molar-refractivity contribution in [3.05, 3.63) is 30.1 Å². The Labute approximate surface area is 121 Å². The van der Waals surface area contributed by atoms with Gasteiger partial charge < -0.3 is 0 Å². The number of rotatable bonds is 4. The normalized spacial score (nSPS) is 40.0. The highest BCUT2D eigenvalue weighted by atomic mass is 15.2. The summed E-state index contributed by atoms with van der Waals surface area (Å²) < 4.78 is 0.